The Labute approximate surface area is 177 Å². The molecule has 1 heterocycles. The third kappa shape index (κ3) is 4.89. The summed E-state index contributed by atoms with van der Waals surface area (Å²) in [6, 6.07) is 4.46. The zero-order valence-electron chi connectivity index (χ0n) is 17.7. The van der Waals surface area contributed by atoms with Crippen molar-refractivity contribution in [3.8, 4) is 0 Å². The van der Waals surface area contributed by atoms with Crippen molar-refractivity contribution >= 4 is 23.7 Å². The van der Waals surface area contributed by atoms with Crippen LogP contribution in [0, 0.1) is 0 Å². The molecule has 0 bridgehead atoms. The Hall–Kier alpha value is -2.70. The van der Waals surface area contributed by atoms with Gasteiger partial charge in [-0.15, -0.1) is 0 Å². The second kappa shape index (κ2) is 9.87. The fraction of sp³-hybridized carbons (Fsp3) is 0.565. The molecular formula is C23H30N2O5. The maximum Gasteiger partial charge on any atom is 0.338 e. The van der Waals surface area contributed by atoms with Crippen molar-refractivity contribution in [1.82, 2.24) is 10.2 Å². The molecule has 1 saturated carbocycles. The van der Waals surface area contributed by atoms with Gasteiger partial charge in [-0.2, -0.15) is 0 Å². The first-order chi connectivity index (χ1) is 14.4. The number of hydrogen-bond donors (Lipinski definition) is 1. The maximum atomic E-state index is 12.6. The van der Waals surface area contributed by atoms with E-state index >= 15 is 0 Å². The Morgan fingerprint density at radius 1 is 1.10 bits per heavy atom. The van der Waals surface area contributed by atoms with Crippen LogP contribution in [-0.2, 0) is 9.53 Å². The smallest absolute Gasteiger partial charge is 0.338 e. The molecule has 0 radical (unpaired) electrons. The second-order valence-electron chi connectivity index (χ2n) is 8.12. The van der Waals surface area contributed by atoms with Gasteiger partial charge in [0.05, 0.1) is 16.7 Å². The average Bonchev–Trinajstić information content (AvgIpc) is 2.90. The summed E-state index contributed by atoms with van der Waals surface area (Å²) in [5.74, 6) is -1.72. The van der Waals surface area contributed by atoms with Crippen LogP contribution in [0.25, 0.3) is 0 Å². The van der Waals surface area contributed by atoms with E-state index in [0.717, 1.165) is 38.5 Å². The molecule has 0 aromatic heterocycles. The second-order valence-corrected chi connectivity index (χ2v) is 8.12. The number of esters is 1. The number of rotatable bonds is 7. The van der Waals surface area contributed by atoms with E-state index in [9.17, 15) is 19.2 Å². The van der Waals surface area contributed by atoms with E-state index in [-0.39, 0.29) is 29.0 Å². The van der Waals surface area contributed by atoms with Crippen molar-refractivity contribution in [2.24, 2.45) is 0 Å². The lowest BCUT2D eigenvalue weighted by atomic mass is 10.1. The standard InChI is InChI=1S/C23H30N2O5/c1-3-4-13-25-21(27)18-12-11-16(14-19(18)22(25)28)23(29)30-15(2)20(26)24-17-9-7-5-6-8-10-17/h11-12,14-15,17H,3-10,13H2,1-2H3,(H,24,26)/t15-/m1/s1. The summed E-state index contributed by atoms with van der Waals surface area (Å²) < 4.78 is 5.32. The molecule has 3 rings (SSSR count). The molecule has 1 aliphatic carbocycles. The molecular weight excluding hydrogens is 384 g/mol. The van der Waals surface area contributed by atoms with Crippen molar-refractivity contribution in [3.63, 3.8) is 0 Å². The molecule has 1 atom stereocenters. The number of unbranched alkanes of at least 4 members (excludes halogenated alkanes) is 1. The molecule has 3 amide bonds. The van der Waals surface area contributed by atoms with E-state index in [4.69, 9.17) is 4.74 Å². The monoisotopic (exact) mass is 414 g/mol. The molecule has 1 fully saturated rings. The predicted molar refractivity (Wildman–Crippen MR) is 111 cm³/mol. The number of benzene rings is 1. The third-order valence-corrected chi connectivity index (χ3v) is 5.80. The minimum Gasteiger partial charge on any atom is -0.449 e. The lowest BCUT2D eigenvalue weighted by Crippen LogP contribution is -2.41. The Morgan fingerprint density at radius 2 is 1.77 bits per heavy atom. The average molecular weight is 415 g/mol. The van der Waals surface area contributed by atoms with Crippen LogP contribution in [0.15, 0.2) is 18.2 Å². The molecule has 1 N–H and O–H groups in total. The van der Waals surface area contributed by atoms with Crippen LogP contribution in [0.1, 0.15) is 96.3 Å². The van der Waals surface area contributed by atoms with Crippen molar-refractivity contribution < 1.29 is 23.9 Å². The molecule has 0 spiro atoms. The number of carbonyl (C=O) groups is 4. The van der Waals surface area contributed by atoms with Crippen molar-refractivity contribution in [2.45, 2.75) is 77.4 Å². The van der Waals surface area contributed by atoms with Gasteiger partial charge in [-0.3, -0.25) is 19.3 Å². The Bertz CT molecular complexity index is 827. The molecule has 7 heteroatoms. The van der Waals surface area contributed by atoms with E-state index < -0.39 is 18.0 Å². The summed E-state index contributed by atoms with van der Waals surface area (Å²) >= 11 is 0. The quantitative estimate of drug-likeness (QED) is 0.419. The van der Waals surface area contributed by atoms with Gasteiger partial charge < -0.3 is 10.1 Å². The zero-order valence-corrected chi connectivity index (χ0v) is 17.7. The highest BCUT2D eigenvalue weighted by Crippen LogP contribution is 2.25. The summed E-state index contributed by atoms with van der Waals surface area (Å²) in [4.78, 5) is 51.1. The van der Waals surface area contributed by atoms with Crippen LogP contribution < -0.4 is 5.32 Å². The molecule has 30 heavy (non-hydrogen) atoms. The van der Waals surface area contributed by atoms with Gasteiger partial charge in [-0.05, 0) is 44.4 Å². The molecule has 7 nitrogen and oxygen atoms in total. The Morgan fingerprint density at radius 3 is 2.43 bits per heavy atom. The van der Waals surface area contributed by atoms with E-state index in [2.05, 4.69) is 5.32 Å². The maximum absolute atomic E-state index is 12.6. The molecule has 1 aromatic rings. The third-order valence-electron chi connectivity index (χ3n) is 5.80. The van der Waals surface area contributed by atoms with Crippen LogP contribution in [0.5, 0.6) is 0 Å². The van der Waals surface area contributed by atoms with Crippen LogP contribution in [0.3, 0.4) is 0 Å². The van der Waals surface area contributed by atoms with Gasteiger partial charge >= 0.3 is 5.97 Å². The van der Waals surface area contributed by atoms with Gasteiger partial charge in [-0.1, -0.05) is 39.0 Å². The van der Waals surface area contributed by atoms with Gasteiger partial charge in [0.2, 0.25) is 0 Å². The number of amides is 3. The molecule has 2 aliphatic rings. The van der Waals surface area contributed by atoms with Crippen LogP contribution >= 0.6 is 0 Å². The van der Waals surface area contributed by atoms with Gasteiger partial charge in [0, 0.05) is 12.6 Å². The number of nitrogens with zero attached hydrogens (tertiary/aromatic N) is 1. The molecule has 0 unspecified atom stereocenters. The summed E-state index contributed by atoms with van der Waals surface area (Å²) in [7, 11) is 0. The van der Waals surface area contributed by atoms with Crippen LogP contribution in [-0.4, -0.2) is 47.3 Å². The summed E-state index contributed by atoms with van der Waals surface area (Å²) in [6.07, 6.45) is 7.11. The van der Waals surface area contributed by atoms with Crippen molar-refractivity contribution in [3.05, 3.63) is 34.9 Å². The SMILES string of the molecule is CCCCN1C(=O)c2ccc(C(=O)O[C@H](C)C(=O)NC3CCCCCC3)cc2C1=O. The van der Waals surface area contributed by atoms with Crippen LogP contribution in [0.2, 0.25) is 0 Å². The van der Waals surface area contributed by atoms with Gasteiger partial charge in [0.1, 0.15) is 0 Å². The minimum absolute atomic E-state index is 0.124. The zero-order chi connectivity index (χ0) is 21.7. The normalized spacial score (nSPS) is 18.0. The highest BCUT2D eigenvalue weighted by molar-refractivity contribution is 6.22. The molecule has 1 aromatic carbocycles. The first kappa shape index (κ1) is 22.0. The van der Waals surface area contributed by atoms with Crippen molar-refractivity contribution in [1.29, 1.82) is 0 Å². The van der Waals surface area contributed by atoms with Crippen molar-refractivity contribution in [2.75, 3.05) is 6.54 Å². The van der Waals surface area contributed by atoms with Gasteiger partial charge in [0.15, 0.2) is 6.10 Å². The largest absolute Gasteiger partial charge is 0.449 e. The van der Waals surface area contributed by atoms with Gasteiger partial charge in [0.25, 0.3) is 17.7 Å². The number of fused-ring (bicyclic) bond motifs is 1. The lowest BCUT2D eigenvalue weighted by molar-refractivity contribution is -0.129. The number of hydrogen-bond acceptors (Lipinski definition) is 5. The fourth-order valence-electron chi connectivity index (χ4n) is 3.96. The Kier molecular flexibility index (Phi) is 7.24. The lowest BCUT2D eigenvalue weighted by Gasteiger charge is -2.19. The fourth-order valence-corrected chi connectivity index (χ4v) is 3.96. The summed E-state index contributed by atoms with van der Waals surface area (Å²) in [5.41, 5.74) is 0.661. The first-order valence-electron chi connectivity index (χ1n) is 10.9. The summed E-state index contributed by atoms with van der Waals surface area (Å²) in [5, 5.41) is 2.97. The number of nitrogens with one attached hydrogen (secondary N) is 1. The molecule has 1 aliphatic heterocycles. The topological polar surface area (TPSA) is 92.8 Å². The van der Waals surface area contributed by atoms with E-state index in [1.54, 1.807) is 6.92 Å². The summed E-state index contributed by atoms with van der Waals surface area (Å²) in [6.45, 7) is 3.89. The van der Waals surface area contributed by atoms with Gasteiger partial charge in [-0.25, -0.2) is 4.79 Å². The predicted octanol–water partition coefficient (Wildman–Crippen LogP) is 3.47. The van der Waals surface area contributed by atoms with Crippen LogP contribution in [0.4, 0.5) is 0 Å². The number of carbonyl (C=O) groups excluding carboxylic acids is 4. The Balaban J connectivity index is 1.62. The highest BCUT2D eigenvalue weighted by Gasteiger charge is 2.35. The minimum atomic E-state index is -0.938. The van der Waals surface area contributed by atoms with E-state index in [1.807, 2.05) is 6.92 Å². The van der Waals surface area contributed by atoms with E-state index in [1.165, 1.54) is 35.9 Å². The number of imide groups is 1. The molecule has 0 saturated heterocycles. The molecule has 162 valence electrons. The van der Waals surface area contributed by atoms with E-state index in [0.29, 0.717) is 12.1 Å². The first-order valence-corrected chi connectivity index (χ1v) is 10.9. The number of ether oxygens (including phenoxy) is 1. The highest BCUT2D eigenvalue weighted by atomic mass is 16.5.